The molecule has 7 heteroatoms. The first kappa shape index (κ1) is 15.7. The maximum absolute atomic E-state index is 11.3. The molecule has 21 heavy (non-hydrogen) atoms. The highest BCUT2D eigenvalue weighted by Crippen LogP contribution is 2.26. The Kier molecular flexibility index (Phi) is 4.75. The normalized spacial score (nSPS) is 11.1. The standard InChI is InChI=1S/C14H12Cl2N2O3/c1-7(2)14-17-13(18-21-14)9-5-3-4-8(6-9)10(11(15)19)12(16)20/h3-7,10H,1-2H3. The molecule has 2 rings (SSSR count). The van der Waals surface area contributed by atoms with Gasteiger partial charge in [-0.05, 0) is 34.8 Å². The Morgan fingerprint density at radius 1 is 1.19 bits per heavy atom. The number of aromatic nitrogens is 2. The van der Waals surface area contributed by atoms with Crippen LogP contribution in [0.25, 0.3) is 11.4 Å². The van der Waals surface area contributed by atoms with Crippen molar-refractivity contribution in [2.75, 3.05) is 0 Å². The van der Waals surface area contributed by atoms with Gasteiger partial charge in [0.15, 0.2) is 0 Å². The van der Waals surface area contributed by atoms with Gasteiger partial charge in [-0.3, -0.25) is 9.59 Å². The summed E-state index contributed by atoms with van der Waals surface area (Å²) in [7, 11) is 0. The van der Waals surface area contributed by atoms with Gasteiger partial charge in [-0.1, -0.05) is 37.2 Å². The van der Waals surface area contributed by atoms with Crippen LogP contribution in [-0.2, 0) is 9.59 Å². The van der Waals surface area contributed by atoms with Crippen molar-refractivity contribution in [2.24, 2.45) is 0 Å². The Hall–Kier alpha value is -1.72. The predicted molar refractivity (Wildman–Crippen MR) is 78.3 cm³/mol. The number of nitrogens with zero attached hydrogens (tertiary/aromatic N) is 2. The summed E-state index contributed by atoms with van der Waals surface area (Å²) in [6.07, 6.45) is 0. The molecule has 0 spiro atoms. The molecule has 0 atom stereocenters. The highest BCUT2D eigenvalue weighted by atomic mass is 35.5. The molecule has 110 valence electrons. The summed E-state index contributed by atoms with van der Waals surface area (Å²) in [5.74, 6) is -0.210. The highest BCUT2D eigenvalue weighted by molar-refractivity contribution is 6.74. The molecule has 0 bridgehead atoms. The van der Waals surface area contributed by atoms with E-state index in [9.17, 15) is 9.59 Å². The van der Waals surface area contributed by atoms with Crippen molar-refractivity contribution < 1.29 is 14.1 Å². The molecule has 0 unspecified atom stereocenters. The Bertz CT molecular complexity index is 668. The molecule has 0 saturated carbocycles. The molecule has 1 aromatic carbocycles. The van der Waals surface area contributed by atoms with Crippen LogP contribution in [0.2, 0.25) is 0 Å². The van der Waals surface area contributed by atoms with Crippen LogP contribution in [0.1, 0.15) is 37.1 Å². The van der Waals surface area contributed by atoms with Crippen LogP contribution < -0.4 is 0 Å². The first-order valence-electron chi connectivity index (χ1n) is 6.22. The largest absolute Gasteiger partial charge is 0.339 e. The molecular formula is C14H12Cl2N2O3. The minimum absolute atomic E-state index is 0.107. The zero-order chi connectivity index (χ0) is 15.6. The van der Waals surface area contributed by atoms with E-state index in [1.54, 1.807) is 24.3 Å². The monoisotopic (exact) mass is 326 g/mol. The fourth-order valence-electron chi connectivity index (χ4n) is 1.80. The van der Waals surface area contributed by atoms with Gasteiger partial charge in [0.2, 0.25) is 22.2 Å². The van der Waals surface area contributed by atoms with Gasteiger partial charge in [0, 0.05) is 11.5 Å². The molecule has 1 heterocycles. The van der Waals surface area contributed by atoms with E-state index in [1.807, 2.05) is 13.8 Å². The second-order valence-electron chi connectivity index (χ2n) is 4.78. The highest BCUT2D eigenvalue weighted by Gasteiger charge is 2.26. The van der Waals surface area contributed by atoms with E-state index < -0.39 is 16.4 Å². The van der Waals surface area contributed by atoms with E-state index in [0.717, 1.165) is 0 Å². The third-order valence-corrected chi connectivity index (χ3v) is 3.30. The number of rotatable bonds is 5. The number of carbonyl (C=O) groups excluding carboxylic acids is 2. The molecule has 0 radical (unpaired) electrons. The lowest BCUT2D eigenvalue weighted by atomic mass is 9.99. The average Bonchev–Trinajstić information content (AvgIpc) is 2.88. The van der Waals surface area contributed by atoms with Crippen LogP contribution >= 0.6 is 23.2 Å². The molecule has 0 saturated heterocycles. The molecule has 5 nitrogen and oxygen atoms in total. The van der Waals surface area contributed by atoms with Crippen LogP contribution in [0.5, 0.6) is 0 Å². The Labute approximate surface area is 131 Å². The number of hydrogen-bond acceptors (Lipinski definition) is 5. The SMILES string of the molecule is CC(C)c1nc(-c2cccc(C(C(=O)Cl)C(=O)Cl)c2)no1. The summed E-state index contributed by atoms with van der Waals surface area (Å²) >= 11 is 10.8. The summed E-state index contributed by atoms with van der Waals surface area (Å²) in [4.78, 5) is 26.9. The van der Waals surface area contributed by atoms with Gasteiger partial charge in [-0.25, -0.2) is 0 Å². The molecule has 0 fully saturated rings. The zero-order valence-electron chi connectivity index (χ0n) is 11.3. The maximum atomic E-state index is 11.3. The smallest absolute Gasteiger partial charge is 0.237 e. The Morgan fingerprint density at radius 2 is 1.86 bits per heavy atom. The number of halogens is 2. The molecule has 0 aliphatic heterocycles. The van der Waals surface area contributed by atoms with E-state index >= 15 is 0 Å². The van der Waals surface area contributed by atoms with Crippen molar-refractivity contribution >= 4 is 33.7 Å². The first-order valence-corrected chi connectivity index (χ1v) is 6.98. The molecule has 2 aromatic rings. The van der Waals surface area contributed by atoms with Gasteiger partial charge in [0.05, 0.1) is 0 Å². The molecule has 1 aromatic heterocycles. The summed E-state index contributed by atoms with van der Waals surface area (Å²) in [5, 5.41) is 2.22. The van der Waals surface area contributed by atoms with Crippen LogP contribution in [-0.4, -0.2) is 20.6 Å². The topological polar surface area (TPSA) is 73.1 Å². The lowest BCUT2D eigenvalue weighted by molar-refractivity contribution is -0.120. The van der Waals surface area contributed by atoms with Gasteiger partial charge in [-0.15, -0.1) is 0 Å². The minimum atomic E-state index is -1.20. The van der Waals surface area contributed by atoms with Crippen molar-refractivity contribution in [3.05, 3.63) is 35.7 Å². The van der Waals surface area contributed by atoms with Gasteiger partial charge in [0.25, 0.3) is 0 Å². The summed E-state index contributed by atoms with van der Waals surface area (Å²) < 4.78 is 5.13. The molecule has 0 amide bonds. The lowest BCUT2D eigenvalue weighted by Gasteiger charge is -2.08. The minimum Gasteiger partial charge on any atom is -0.339 e. The van der Waals surface area contributed by atoms with E-state index in [4.69, 9.17) is 27.7 Å². The van der Waals surface area contributed by atoms with Crippen molar-refractivity contribution in [3.63, 3.8) is 0 Å². The van der Waals surface area contributed by atoms with Crippen molar-refractivity contribution in [1.82, 2.24) is 10.1 Å². The van der Waals surface area contributed by atoms with E-state index in [2.05, 4.69) is 10.1 Å². The van der Waals surface area contributed by atoms with E-state index in [0.29, 0.717) is 22.8 Å². The van der Waals surface area contributed by atoms with Crippen molar-refractivity contribution in [2.45, 2.75) is 25.7 Å². The number of carbonyl (C=O) groups is 2. The molecule has 0 aliphatic carbocycles. The summed E-state index contributed by atoms with van der Waals surface area (Å²) in [5.41, 5.74) is 1.01. The Balaban J connectivity index is 2.40. The second kappa shape index (κ2) is 6.37. The van der Waals surface area contributed by atoms with Gasteiger partial charge in [0.1, 0.15) is 5.92 Å². The van der Waals surface area contributed by atoms with Crippen molar-refractivity contribution in [1.29, 1.82) is 0 Å². The average molecular weight is 327 g/mol. The van der Waals surface area contributed by atoms with Crippen LogP contribution in [0, 0.1) is 0 Å². The van der Waals surface area contributed by atoms with Gasteiger partial charge >= 0.3 is 0 Å². The van der Waals surface area contributed by atoms with E-state index in [-0.39, 0.29) is 5.92 Å². The van der Waals surface area contributed by atoms with Crippen LogP contribution in [0.15, 0.2) is 28.8 Å². The van der Waals surface area contributed by atoms with Gasteiger partial charge in [-0.2, -0.15) is 4.98 Å². The third-order valence-electron chi connectivity index (χ3n) is 2.87. The maximum Gasteiger partial charge on any atom is 0.237 e. The summed E-state index contributed by atoms with van der Waals surface area (Å²) in [6, 6.07) is 6.61. The van der Waals surface area contributed by atoms with Crippen molar-refractivity contribution in [3.8, 4) is 11.4 Å². The zero-order valence-corrected chi connectivity index (χ0v) is 12.9. The first-order chi connectivity index (χ1) is 9.90. The van der Waals surface area contributed by atoms with E-state index in [1.165, 1.54) is 0 Å². The molecule has 0 aliphatic rings. The Morgan fingerprint density at radius 3 is 2.38 bits per heavy atom. The fraction of sp³-hybridized carbons (Fsp3) is 0.286. The number of hydrogen-bond donors (Lipinski definition) is 0. The lowest BCUT2D eigenvalue weighted by Crippen LogP contribution is -2.13. The van der Waals surface area contributed by atoms with Crippen LogP contribution in [0.3, 0.4) is 0 Å². The fourth-order valence-corrected chi connectivity index (χ4v) is 2.30. The molecule has 0 N–H and O–H groups in total. The number of benzene rings is 1. The molecular weight excluding hydrogens is 315 g/mol. The predicted octanol–water partition coefficient (Wildman–Crippen LogP) is 3.47. The third kappa shape index (κ3) is 3.49. The second-order valence-corrected chi connectivity index (χ2v) is 5.52. The van der Waals surface area contributed by atoms with Crippen LogP contribution in [0.4, 0.5) is 0 Å². The quantitative estimate of drug-likeness (QED) is 0.621. The van der Waals surface area contributed by atoms with Gasteiger partial charge < -0.3 is 4.52 Å². The summed E-state index contributed by atoms with van der Waals surface area (Å²) in [6.45, 7) is 3.87.